The van der Waals surface area contributed by atoms with Crippen molar-refractivity contribution < 1.29 is 9.18 Å². The molecule has 0 bridgehead atoms. The van der Waals surface area contributed by atoms with E-state index < -0.39 is 0 Å². The Labute approximate surface area is 136 Å². The zero-order chi connectivity index (χ0) is 15.8. The summed E-state index contributed by atoms with van der Waals surface area (Å²) in [5.74, 6) is 0.464. The highest BCUT2D eigenvalue weighted by Crippen LogP contribution is 2.32. The second-order valence-corrected chi connectivity index (χ2v) is 6.49. The maximum absolute atomic E-state index is 13.4. The van der Waals surface area contributed by atoms with Crippen LogP contribution in [0, 0.1) is 5.82 Å². The first-order valence-electron chi connectivity index (χ1n) is 7.35. The highest BCUT2D eigenvalue weighted by Gasteiger charge is 2.33. The van der Waals surface area contributed by atoms with E-state index in [9.17, 15) is 9.18 Å². The molecule has 2 aromatic heterocycles. The van der Waals surface area contributed by atoms with Crippen LogP contribution in [0.3, 0.4) is 0 Å². The molecule has 4 rings (SSSR count). The summed E-state index contributed by atoms with van der Waals surface area (Å²) in [6.45, 7) is 0.514. The van der Waals surface area contributed by atoms with E-state index in [1.165, 1.54) is 12.1 Å². The molecule has 0 unspecified atom stereocenters. The van der Waals surface area contributed by atoms with Gasteiger partial charge >= 0.3 is 0 Å². The first-order chi connectivity index (χ1) is 11.2. The number of imidazole rings is 1. The van der Waals surface area contributed by atoms with Crippen LogP contribution in [0.25, 0.3) is 10.6 Å². The van der Waals surface area contributed by atoms with Crippen LogP contribution in [0.5, 0.6) is 0 Å². The Morgan fingerprint density at radius 3 is 3.00 bits per heavy atom. The topological polar surface area (TPSA) is 49.0 Å². The molecule has 6 heteroatoms. The van der Waals surface area contributed by atoms with Crippen LogP contribution in [-0.4, -0.2) is 22.4 Å². The Hall–Kier alpha value is -2.47. The van der Waals surface area contributed by atoms with Crippen molar-refractivity contribution in [1.82, 2.24) is 9.97 Å². The van der Waals surface area contributed by atoms with Gasteiger partial charge in [0, 0.05) is 24.6 Å². The predicted octanol–water partition coefficient (Wildman–Crippen LogP) is 3.80. The van der Waals surface area contributed by atoms with Crippen LogP contribution in [-0.2, 0) is 4.79 Å². The average Bonchev–Trinajstić information content (AvgIpc) is 3.27. The minimum atomic E-state index is -0.336. The molecule has 0 radical (unpaired) electrons. The van der Waals surface area contributed by atoms with Gasteiger partial charge < -0.3 is 9.88 Å². The van der Waals surface area contributed by atoms with Crippen molar-refractivity contribution in [2.75, 3.05) is 11.4 Å². The minimum absolute atomic E-state index is 0.000482. The summed E-state index contributed by atoms with van der Waals surface area (Å²) in [5.41, 5.74) is 1.56. The summed E-state index contributed by atoms with van der Waals surface area (Å²) in [6.07, 6.45) is 2.18. The molecule has 0 spiro atoms. The van der Waals surface area contributed by atoms with E-state index in [0.717, 1.165) is 16.4 Å². The molecule has 1 aliphatic heterocycles. The van der Waals surface area contributed by atoms with Crippen molar-refractivity contribution in [3.8, 4) is 10.6 Å². The molecular formula is C17H14FN3OS. The molecule has 23 heavy (non-hydrogen) atoms. The zero-order valence-corrected chi connectivity index (χ0v) is 13.0. The Morgan fingerprint density at radius 2 is 2.22 bits per heavy atom. The van der Waals surface area contributed by atoms with Crippen molar-refractivity contribution in [3.63, 3.8) is 0 Å². The molecule has 0 saturated carbocycles. The largest absolute Gasteiger partial charge is 0.341 e. The molecule has 1 N–H and O–H groups in total. The quantitative estimate of drug-likeness (QED) is 0.795. The average molecular weight is 327 g/mol. The second-order valence-electron chi connectivity index (χ2n) is 5.54. The first kappa shape index (κ1) is 14.1. The Morgan fingerprint density at radius 1 is 1.30 bits per heavy atom. The van der Waals surface area contributed by atoms with Crippen LogP contribution < -0.4 is 4.90 Å². The summed E-state index contributed by atoms with van der Waals surface area (Å²) in [5, 5.41) is 2.01. The number of hydrogen-bond acceptors (Lipinski definition) is 3. The lowest BCUT2D eigenvalue weighted by atomic mass is 10.1. The third-order valence-electron chi connectivity index (χ3n) is 4.01. The molecule has 1 fully saturated rings. The smallest absolute Gasteiger partial charge is 0.227 e. The van der Waals surface area contributed by atoms with Gasteiger partial charge in [-0.3, -0.25) is 4.79 Å². The Kier molecular flexibility index (Phi) is 3.46. The first-order valence-corrected chi connectivity index (χ1v) is 8.23. The van der Waals surface area contributed by atoms with Crippen molar-refractivity contribution in [1.29, 1.82) is 0 Å². The molecule has 1 amide bonds. The fourth-order valence-corrected chi connectivity index (χ4v) is 3.58. The minimum Gasteiger partial charge on any atom is -0.341 e. The van der Waals surface area contributed by atoms with Gasteiger partial charge in [-0.25, -0.2) is 9.37 Å². The molecule has 1 aromatic carbocycles. The van der Waals surface area contributed by atoms with Crippen LogP contribution >= 0.6 is 11.3 Å². The number of hydrogen-bond donors (Lipinski definition) is 1. The van der Waals surface area contributed by atoms with Crippen molar-refractivity contribution in [2.45, 2.75) is 12.3 Å². The third kappa shape index (κ3) is 2.66. The number of aromatic amines is 1. The summed E-state index contributed by atoms with van der Waals surface area (Å²) in [7, 11) is 0. The number of anilines is 1. The van der Waals surface area contributed by atoms with Crippen LogP contribution in [0.1, 0.15) is 18.2 Å². The SMILES string of the molecule is O=C1C[C@@H](c2ncc(-c3cccs3)[nH]2)CN1c1cccc(F)c1. The number of nitrogens with one attached hydrogen (secondary N) is 1. The van der Waals surface area contributed by atoms with Crippen molar-refractivity contribution in [2.24, 2.45) is 0 Å². The predicted molar refractivity (Wildman–Crippen MR) is 88.0 cm³/mol. The van der Waals surface area contributed by atoms with Crippen LogP contribution in [0.4, 0.5) is 10.1 Å². The molecule has 4 nitrogen and oxygen atoms in total. The van der Waals surface area contributed by atoms with E-state index in [1.807, 2.05) is 17.5 Å². The number of amides is 1. The number of carbonyl (C=O) groups excluding carboxylic acids is 1. The summed E-state index contributed by atoms with van der Waals surface area (Å²) < 4.78 is 13.4. The van der Waals surface area contributed by atoms with E-state index in [-0.39, 0.29) is 17.6 Å². The van der Waals surface area contributed by atoms with Gasteiger partial charge in [-0.15, -0.1) is 11.3 Å². The monoisotopic (exact) mass is 327 g/mol. The van der Waals surface area contributed by atoms with Gasteiger partial charge in [0.2, 0.25) is 5.91 Å². The molecule has 1 atom stereocenters. The van der Waals surface area contributed by atoms with E-state index in [0.29, 0.717) is 18.7 Å². The lowest BCUT2D eigenvalue weighted by Crippen LogP contribution is -2.24. The zero-order valence-electron chi connectivity index (χ0n) is 12.2. The molecular weight excluding hydrogens is 313 g/mol. The highest BCUT2D eigenvalue weighted by molar-refractivity contribution is 7.13. The number of carbonyl (C=O) groups is 1. The van der Waals surface area contributed by atoms with E-state index in [1.54, 1.807) is 34.6 Å². The molecule has 1 aliphatic rings. The van der Waals surface area contributed by atoms with Gasteiger partial charge in [0.25, 0.3) is 0 Å². The maximum atomic E-state index is 13.4. The number of rotatable bonds is 3. The lowest BCUT2D eigenvalue weighted by molar-refractivity contribution is -0.117. The maximum Gasteiger partial charge on any atom is 0.227 e. The summed E-state index contributed by atoms with van der Waals surface area (Å²) in [6, 6.07) is 10.2. The number of halogens is 1. The Bertz CT molecular complexity index is 843. The number of aromatic nitrogens is 2. The Balaban J connectivity index is 1.57. The van der Waals surface area contributed by atoms with Crippen LogP contribution in [0.15, 0.2) is 48.0 Å². The molecule has 1 saturated heterocycles. The second kappa shape index (κ2) is 5.62. The van der Waals surface area contributed by atoms with E-state index in [4.69, 9.17) is 0 Å². The fraction of sp³-hybridized carbons (Fsp3) is 0.176. The number of thiophene rings is 1. The fourth-order valence-electron chi connectivity index (χ4n) is 2.89. The normalized spacial score (nSPS) is 17.9. The van der Waals surface area contributed by atoms with Crippen LogP contribution in [0.2, 0.25) is 0 Å². The number of nitrogens with zero attached hydrogens (tertiary/aromatic N) is 2. The molecule has 0 aliphatic carbocycles. The van der Waals surface area contributed by atoms with Gasteiger partial charge in [-0.1, -0.05) is 12.1 Å². The van der Waals surface area contributed by atoms with Gasteiger partial charge in [0.15, 0.2) is 0 Å². The van der Waals surface area contributed by atoms with E-state index >= 15 is 0 Å². The van der Waals surface area contributed by atoms with E-state index in [2.05, 4.69) is 9.97 Å². The van der Waals surface area contributed by atoms with Gasteiger partial charge in [0.1, 0.15) is 11.6 Å². The van der Waals surface area contributed by atoms with Gasteiger partial charge in [-0.2, -0.15) is 0 Å². The number of benzene rings is 1. The lowest BCUT2D eigenvalue weighted by Gasteiger charge is -2.16. The standard InChI is InChI=1S/C17H14FN3OS/c18-12-3-1-4-13(8-12)21-10-11(7-16(21)22)17-19-9-14(20-17)15-5-2-6-23-15/h1-6,8-9,11H,7,10H2,(H,19,20)/t11-/m1/s1. The molecule has 3 aromatic rings. The van der Waals surface area contributed by atoms with Crippen molar-refractivity contribution in [3.05, 3.63) is 59.6 Å². The summed E-state index contributed by atoms with van der Waals surface area (Å²) >= 11 is 1.64. The van der Waals surface area contributed by atoms with Crippen molar-refractivity contribution >= 4 is 22.9 Å². The molecule has 3 heterocycles. The molecule has 116 valence electrons. The van der Waals surface area contributed by atoms with Gasteiger partial charge in [0.05, 0.1) is 16.8 Å². The summed E-state index contributed by atoms with van der Waals surface area (Å²) in [4.78, 5) is 22.8. The highest BCUT2D eigenvalue weighted by atomic mass is 32.1. The third-order valence-corrected chi connectivity index (χ3v) is 4.92. The van der Waals surface area contributed by atoms with Gasteiger partial charge in [-0.05, 0) is 29.6 Å². The number of H-pyrrole nitrogens is 1.